The van der Waals surface area contributed by atoms with Crippen LogP contribution in [0.4, 0.5) is 0 Å². The topological polar surface area (TPSA) is 58.2 Å². The molecule has 0 bridgehead atoms. The lowest BCUT2D eigenvalue weighted by Crippen LogP contribution is -2.22. The second kappa shape index (κ2) is 6.31. The van der Waals surface area contributed by atoms with Crippen LogP contribution in [0, 0.1) is 3.57 Å². The second-order valence-electron chi connectivity index (χ2n) is 3.76. The van der Waals surface area contributed by atoms with Gasteiger partial charge in [-0.25, -0.2) is 4.98 Å². The molecule has 1 aromatic heterocycles. The normalized spacial score (nSPS) is 11.1. The predicted octanol–water partition coefficient (Wildman–Crippen LogP) is 0.625. The molecule has 0 aliphatic rings. The Hall–Kier alpha value is -0.470. The molecule has 6 heteroatoms. The van der Waals surface area contributed by atoms with E-state index < -0.39 is 0 Å². The van der Waals surface area contributed by atoms with E-state index in [4.69, 9.17) is 4.74 Å². The predicted molar refractivity (Wildman–Crippen MR) is 70.5 cm³/mol. The maximum absolute atomic E-state index is 11.6. The Kier molecular flexibility index (Phi) is 5.36. The van der Waals surface area contributed by atoms with Crippen molar-refractivity contribution in [1.29, 1.82) is 0 Å². The highest BCUT2D eigenvalue weighted by Gasteiger charge is 2.08. The lowest BCUT2D eigenvalue weighted by atomic mass is 10.3. The molecule has 0 fully saturated rings. The van der Waals surface area contributed by atoms with Crippen LogP contribution in [0.3, 0.4) is 0 Å². The third kappa shape index (κ3) is 3.84. The van der Waals surface area contributed by atoms with Crippen LogP contribution in [-0.2, 0) is 17.8 Å². The Morgan fingerprint density at radius 3 is 2.75 bits per heavy atom. The summed E-state index contributed by atoms with van der Waals surface area (Å²) in [6, 6.07) is 0. The number of ether oxygens (including phenoxy) is 1. The van der Waals surface area contributed by atoms with Crippen molar-refractivity contribution in [3.8, 4) is 0 Å². The van der Waals surface area contributed by atoms with Gasteiger partial charge in [0.15, 0.2) is 0 Å². The van der Waals surface area contributed by atoms with Crippen molar-refractivity contribution < 1.29 is 4.74 Å². The molecule has 90 valence electrons. The Morgan fingerprint density at radius 1 is 1.50 bits per heavy atom. The SMILES string of the molecule is COCc1nc(CCN(C)C)[nH]c(=O)c1I. The molecule has 16 heavy (non-hydrogen) atoms. The van der Waals surface area contributed by atoms with E-state index in [1.165, 1.54) is 0 Å². The van der Waals surface area contributed by atoms with Crippen LogP contribution < -0.4 is 5.56 Å². The molecule has 0 saturated heterocycles. The first-order chi connectivity index (χ1) is 7.54. The lowest BCUT2D eigenvalue weighted by molar-refractivity contribution is 0.180. The second-order valence-corrected chi connectivity index (χ2v) is 4.84. The summed E-state index contributed by atoms with van der Waals surface area (Å²) in [6.07, 6.45) is 0.732. The summed E-state index contributed by atoms with van der Waals surface area (Å²) in [6.45, 7) is 1.23. The fraction of sp³-hybridized carbons (Fsp3) is 0.600. The largest absolute Gasteiger partial charge is 0.378 e. The first-order valence-electron chi connectivity index (χ1n) is 4.96. The third-order valence-corrected chi connectivity index (χ3v) is 3.17. The minimum atomic E-state index is -0.0867. The van der Waals surface area contributed by atoms with Gasteiger partial charge < -0.3 is 14.6 Å². The Bertz CT molecular complexity index is 404. The summed E-state index contributed by atoms with van der Waals surface area (Å²) in [7, 11) is 5.57. The quantitative estimate of drug-likeness (QED) is 0.801. The smallest absolute Gasteiger partial charge is 0.264 e. The van der Waals surface area contributed by atoms with Gasteiger partial charge in [0.05, 0.1) is 12.3 Å². The van der Waals surface area contributed by atoms with Crippen molar-refractivity contribution in [2.45, 2.75) is 13.0 Å². The maximum atomic E-state index is 11.6. The molecule has 1 aromatic rings. The van der Waals surface area contributed by atoms with Crippen molar-refractivity contribution >= 4 is 22.6 Å². The molecule has 0 atom stereocenters. The summed E-state index contributed by atoms with van der Waals surface area (Å²) in [5.74, 6) is 0.714. The number of rotatable bonds is 5. The summed E-state index contributed by atoms with van der Waals surface area (Å²) >= 11 is 1.99. The number of aromatic nitrogens is 2. The highest BCUT2D eigenvalue weighted by Crippen LogP contribution is 2.06. The van der Waals surface area contributed by atoms with Crippen LogP contribution in [0.25, 0.3) is 0 Å². The summed E-state index contributed by atoms with van der Waals surface area (Å²) in [5.41, 5.74) is 0.622. The number of nitrogens with one attached hydrogen (secondary N) is 1. The Balaban J connectivity index is 2.90. The molecule has 0 radical (unpaired) electrons. The molecule has 1 N–H and O–H groups in total. The highest BCUT2D eigenvalue weighted by molar-refractivity contribution is 14.1. The maximum Gasteiger partial charge on any atom is 0.264 e. The zero-order valence-electron chi connectivity index (χ0n) is 9.71. The number of likely N-dealkylation sites (N-methyl/N-ethyl adjacent to an activating group) is 1. The van der Waals surface area contributed by atoms with Gasteiger partial charge in [0.1, 0.15) is 9.39 Å². The van der Waals surface area contributed by atoms with Gasteiger partial charge in [-0.05, 0) is 36.7 Å². The van der Waals surface area contributed by atoms with E-state index in [9.17, 15) is 4.79 Å². The minimum Gasteiger partial charge on any atom is -0.378 e. The van der Waals surface area contributed by atoms with Gasteiger partial charge in [0.2, 0.25) is 0 Å². The van der Waals surface area contributed by atoms with E-state index in [1.807, 2.05) is 41.6 Å². The number of aromatic amines is 1. The fourth-order valence-electron chi connectivity index (χ4n) is 1.24. The van der Waals surface area contributed by atoms with E-state index in [0.29, 0.717) is 21.7 Å². The van der Waals surface area contributed by atoms with Gasteiger partial charge in [-0.2, -0.15) is 0 Å². The van der Waals surface area contributed by atoms with Gasteiger partial charge >= 0.3 is 0 Å². The first-order valence-corrected chi connectivity index (χ1v) is 6.03. The summed E-state index contributed by atoms with van der Waals surface area (Å²) in [5, 5.41) is 0. The molecule has 0 amide bonds. The molecule has 0 unspecified atom stereocenters. The molecular weight excluding hydrogens is 321 g/mol. The van der Waals surface area contributed by atoms with E-state index in [1.54, 1.807) is 7.11 Å². The average Bonchev–Trinajstić information content (AvgIpc) is 2.22. The number of H-pyrrole nitrogens is 1. The van der Waals surface area contributed by atoms with Gasteiger partial charge in [-0.3, -0.25) is 4.79 Å². The Morgan fingerprint density at radius 2 is 2.19 bits per heavy atom. The number of halogens is 1. The van der Waals surface area contributed by atoms with Crippen molar-refractivity contribution in [2.24, 2.45) is 0 Å². The molecule has 0 spiro atoms. The number of hydrogen-bond donors (Lipinski definition) is 1. The monoisotopic (exact) mass is 337 g/mol. The molecule has 0 aliphatic heterocycles. The molecule has 5 nitrogen and oxygen atoms in total. The van der Waals surface area contributed by atoms with Gasteiger partial charge in [0.25, 0.3) is 5.56 Å². The minimum absolute atomic E-state index is 0.0867. The van der Waals surface area contributed by atoms with Crippen LogP contribution in [0.5, 0.6) is 0 Å². The van der Waals surface area contributed by atoms with Crippen molar-refractivity contribution in [3.05, 3.63) is 25.4 Å². The molecule has 1 heterocycles. The van der Waals surface area contributed by atoms with Crippen LogP contribution in [-0.4, -0.2) is 42.6 Å². The summed E-state index contributed by atoms with van der Waals surface area (Å²) < 4.78 is 5.62. The molecule has 0 aliphatic carbocycles. The van der Waals surface area contributed by atoms with Crippen LogP contribution in [0.1, 0.15) is 11.5 Å². The zero-order valence-corrected chi connectivity index (χ0v) is 11.9. The third-order valence-electron chi connectivity index (χ3n) is 2.06. The Labute approximate surface area is 108 Å². The number of methoxy groups -OCH3 is 1. The summed E-state index contributed by atoms with van der Waals surface area (Å²) in [4.78, 5) is 20.8. The van der Waals surface area contributed by atoms with E-state index in [0.717, 1.165) is 13.0 Å². The zero-order chi connectivity index (χ0) is 12.1. The fourth-order valence-corrected chi connectivity index (χ4v) is 1.65. The standard InChI is InChI=1S/C10H16IN3O2/c1-14(2)5-4-8-12-7(6-16-3)9(11)10(15)13-8/h4-6H2,1-3H3,(H,12,13,15). The first kappa shape index (κ1) is 13.6. The number of nitrogens with zero attached hydrogens (tertiary/aromatic N) is 2. The van der Waals surface area contributed by atoms with E-state index in [-0.39, 0.29) is 5.56 Å². The van der Waals surface area contributed by atoms with Crippen LogP contribution >= 0.6 is 22.6 Å². The molecule has 1 rings (SSSR count). The molecular formula is C10H16IN3O2. The highest BCUT2D eigenvalue weighted by atomic mass is 127. The average molecular weight is 337 g/mol. The van der Waals surface area contributed by atoms with Crippen LogP contribution in [0.15, 0.2) is 4.79 Å². The molecule has 0 aromatic carbocycles. The van der Waals surface area contributed by atoms with E-state index >= 15 is 0 Å². The van der Waals surface area contributed by atoms with Gasteiger partial charge in [-0.15, -0.1) is 0 Å². The van der Waals surface area contributed by atoms with E-state index in [2.05, 4.69) is 9.97 Å². The van der Waals surface area contributed by atoms with Crippen LogP contribution in [0.2, 0.25) is 0 Å². The van der Waals surface area contributed by atoms with Crippen molar-refractivity contribution in [1.82, 2.24) is 14.9 Å². The number of hydrogen-bond acceptors (Lipinski definition) is 4. The van der Waals surface area contributed by atoms with Crippen molar-refractivity contribution in [3.63, 3.8) is 0 Å². The lowest BCUT2D eigenvalue weighted by Gasteiger charge is -2.10. The van der Waals surface area contributed by atoms with Gasteiger partial charge in [-0.1, -0.05) is 0 Å². The molecule has 0 saturated carbocycles. The van der Waals surface area contributed by atoms with Gasteiger partial charge in [0, 0.05) is 20.1 Å². The van der Waals surface area contributed by atoms with Crippen molar-refractivity contribution in [2.75, 3.05) is 27.7 Å².